The van der Waals surface area contributed by atoms with E-state index in [1.54, 1.807) is 0 Å². The Kier molecular flexibility index (Phi) is 12.1. The molecule has 0 aromatic carbocycles. The van der Waals surface area contributed by atoms with E-state index in [0.717, 1.165) is 38.4 Å². The molecule has 1 aliphatic rings. The second-order valence-corrected chi connectivity index (χ2v) is 5.82. The van der Waals surface area contributed by atoms with E-state index in [-0.39, 0.29) is 24.0 Å². The Hall–Kier alpha value is -0.300. The van der Waals surface area contributed by atoms with Gasteiger partial charge in [-0.25, -0.2) is 0 Å². The molecule has 1 rings (SSSR count). The first-order valence-corrected chi connectivity index (χ1v) is 7.96. The number of aliphatic imine (C=N–C) groups is 1. The minimum atomic E-state index is 0. The van der Waals surface area contributed by atoms with Crippen LogP contribution in [0.1, 0.15) is 32.6 Å². The first-order chi connectivity index (χ1) is 9.67. The molecule has 1 aliphatic heterocycles. The number of likely N-dealkylation sites (tertiary alicyclic amines) is 1. The highest BCUT2D eigenvalue weighted by molar-refractivity contribution is 14.0. The Balaban J connectivity index is 0.00000400. The Labute approximate surface area is 148 Å². The zero-order valence-electron chi connectivity index (χ0n) is 14.0. The Morgan fingerprint density at radius 2 is 2.29 bits per heavy atom. The SMILES string of the molecule is C=CCCCN(C)C(=NCC1CCCN(C)C1)NCC.I. The van der Waals surface area contributed by atoms with Crippen molar-refractivity contribution in [2.45, 2.75) is 32.6 Å². The van der Waals surface area contributed by atoms with Crippen LogP contribution in [0.2, 0.25) is 0 Å². The quantitative estimate of drug-likeness (QED) is 0.231. The lowest BCUT2D eigenvalue weighted by Crippen LogP contribution is -2.40. The van der Waals surface area contributed by atoms with Crippen molar-refractivity contribution in [2.75, 3.05) is 46.8 Å². The summed E-state index contributed by atoms with van der Waals surface area (Å²) in [5, 5.41) is 3.40. The number of hydrogen-bond acceptors (Lipinski definition) is 2. The van der Waals surface area contributed by atoms with Gasteiger partial charge in [-0.3, -0.25) is 4.99 Å². The van der Waals surface area contributed by atoms with Gasteiger partial charge in [-0.2, -0.15) is 0 Å². The van der Waals surface area contributed by atoms with E-state index in [9.17, 15) is 0 Å². The fourth-order valence-corrected chi connectivity index (χ4v) is 2.69. The van der Waals surface area contributed by atoms with Crippen molar-refractivity contribution >= 4 is 29.9 Å². The van der Waals surface area contributed by atoms with Crippen LogP contribution in [0.3, 0.4) is 0 Å². The van der Waals surface area contributed by atoms with Crippen molar-refractivity contribution in [3.63, 3.8) is 0 Å². The number of nitrogens with one attached hydrogen (secondary N) is 1. The number of allylic oxidation sites excluding steroid dienone is 1. The minimum absolute atomic E-state index is 0. The van der Waals surface area contributed by atoms with Gasteiger partial charge in [0.15, 0.2) is 5.96 Å². The highest BCUT2D eigenvalue weighted by Gasteiger charge is 2.17. The summed E-state index contributed by atoms with van der Waals surface area (Å²) in [5.41, 5.74) is 0. The predicted octanol–water partition coefficient (Wildman–Crippen LogP) is 2.81. The molecule has 5 heteroatoms. The van der Waals surface area contributed by atoms with E-state index in [1.165, 1.54) is 25.9 Å². The molecule has 4 nitrogen and oxygen atoms in total. The molecule has 1 atom stereocenters. The van der Waals surface area contributed by atoms with E-state index in [4.69, 9.17) is 4.99 Å². The average Bonchev–Trinajstić information content (AvgIpc) is 2.43. The Morgan fingerprint density at radius 3 is 2.90 bits per heavy atom. The van der Waals surface area contributed by atoms with Gasteiger partial charge in [0.2, 0.25) is 0 Å². The van der Waals surface area contributed by atoms with E-state index in [2.05, 4.69) is 42.7 Å². The molecule has 1 N–H and O–H groups in total. The summed E-state index contributed by atoms with van der Waals surface area (Å²) in [5.74, 6) is 1.76. The zero-order chi connectivity index (χ0) is 14.8. The number of guanidine groups is 1. The summed E-state index contributed by atoms with van der Waals surface area (Å²) in [6, 6.07) is 0. The number of piperidine rings is 1. The van der Waals surface area contributed by atoms with Crippen LogP contribution in [-0.4, -0.2) is 62.6 Å². The molecule has 0 aromatic rings. The van der Waals surface area contributed by atoms with Crippen LogP contribution in [0.4, 0.5) is 0 Å². The zero-order valence-corrected chi connectivity index (χ0v) is 16.3. The number of hydrogen-bond donors (Lipinski definition) is 1. The molecule has 0 aromatic heterocycles. The number of unbranched alkanes of at least 4 members (excludes halogenated alkanes) is 1. The minimum Gasteiger partial charge on any atom is -0.357 e. The van der Waals surface area contributed by atoms with Crippen LogP contribution in [0.25, 0.3) is 0 Å². The van der Waals surface area contributed by atoms with Gasteiger partial charge in [0.25, 0.3) is 0 Å². The van der Waals surface area contributed by atoms with Gasteiger partial charge in [0, 0.05) is 33.2 Å². The first-order valence-electron chi connectivity index (χ1n) is 7.96. The lowest BCUT2D eigenvalue weighted by atomic mass is 9.99. The molecular formula is C16H33IN4. The Morgan fingerprint density at radius 1 is 1.52 bits per heavy atom. The Bertz CT molecular complexity index is 307. The van der Waals surface area contributed by atoms with Crippen LogP contribution >= 0.6 is 24.0 Å². The third kappa shape index (κ3) is 8.66. The lowest BCUT2D eigenvalue weighted by Gasteiger charge is -2.29. The molecule has 1 saturated heterocycles. The molecule has 21 heavy (non-hydrogen) atoms. The maximum Gasteiger partial charge on any atom is 0.193 e. The summed E-state index contributed by atoms with van der Waals surface area (Å²) in [7, 11) is 4.33. The molecule has 1 fully saturated rings. The number of rotatable bonds is 7. The van der Waals surface area contributed by atoms with Gasteiger partial charge >= 0.3 is 0 Å². The topological polar surface area (TPSA) is 30.9 Å². The van der Waals surface area contributed by atoms with Gasteiger partial charge in [0.05, 0.1) is 0 Å². The van der Waals surface area contributed by atoms with Crippen molar-refractivity contribution in [3.05, 3.63) is 12.7 Å². The van der Waals surface area contributed by atoms with Crippen LogP contribution in [0.5, 0.6) is 0 Å². The fourth-order valence-electron chi connectivity index (χ4n) is 2.69. The van der Waals surface area contributed by atoms with Crippen molar-refractivity contribution in [1.82, 2.24) is 15.1 Å². The standard InChI is InChI=1S/C16H32N4.HI/c1-5-7-8-12-20(4)16(17-6-2)18-13-15-10-9-11-19(3)14-15;/h5,15H,1,6-14H2,2-4H3,(H,17,18);1H. The molecule has 0 saturated carbocycles. The molecular weight excluding hydrogens is 375 g/mol. The summed E-state index contributed by atoms with van der Waals surface area (Å²) in [4.78, 5) is 9.49. The fraction of sp³-hybridized carbons (Fsp3) is 0.812. The van der Waals surface area contributed by atoms with E-state index in [0.29, 0.717) is 5.92 Å². The second kappa shape index (κ2) is 12.3. The van der Waals surface area contributed by atoms with Gasteiger partial charge in [0.1, 0.15) is 0 Å². The largest absolute Gasteiger partial charge is 0.357 e. The van der Waals surface area contributed by atoms with Gasteiger partial charge in [-0.1, -0.05) is 6.08 Å². The van der Waals surface area contributed by atoms with Crippen LogP contribution < -0.4 is 5.32 Å². The number of halogens is 1. The molecule has 0 aliphatic carbocycles. The van der Waals surface area contributed by atoms with Crippen LogP contribution in [0, 0.1) is 5.92 Å². The van der Waals surface area contributed by atoms with Crippen molar-refractivity contribution in [3.8, 4) is 0 Å². The van der Waals surface area contributed by atoms with Crippen molar-refractivity contribution in [2.24, 2.45) is 10.9 Å². The second-order valence-electron chi connectivity index (χ2n) is 5.82. The normalized spacial score (nSPS) is 19.8. The van der Waals surface area contributed by atoms with E-state index in [1.807, 2.05) is 6.08 Å². The highest BCUT2D eigenvalue weighted by atomic mass is 127. The summed E-state index contributed by atoms with van der Waals surface area (Å²) >= 11 is 0. The summed E-state index contributed by atoms with van der Waals surface area (Å²) in [6.07, 6.45) is 6.80. The average molecular weight is 408 g/mol. The van der Waals surface area contributed by atoms with Crippen LogP contribution in [-0.2, 0) is 0 Å². The molecule has 1 unspecified atom stereocenters. The molecule has 0 spiro atoms. The maximum absolute atomic E-state index is 4.83. The third-order valence-corrected chi connectivity index (χ3v) is 3.82. The lowest BCUT2D eigenvalue weighted by molar-refractivity contribution is 0.214. The van der Waals surface area contributed by atoms with Crippen molar-refractivity contribution < 1.29 is 0 Å². The van der Waals surface area contributed by atoms with Gasteiger partial charge in [-0.05, 0) is 52.1 Å². The smallest absolute Gasteiger partial charge is 0.193 e. The monoisotopic (exact) mass is 408 g/mol. The van der Waals surface area contributed by atoms with Gasteiger partial charge < -0.3 is 15.1 Å². The molecule has 124 valence electrons. The van der Waals surface area contributed by atoms with E-state index < -0.39 is 0 Å². The number of nitrogens with zero attached hydrogens (tertiary/aromatic N) is 3. The molecule has 1 heterocycles. The molecule has 0 amide bonds. The first kappa shape index (κ1) is 20.7. The molecule has 0 bridgehead atoms. The van der Waals surface area contributed by atoms with Gasteiger partial charge in [-0.15, -0.1) is 30.6 Å². The summed E-state index contributed by atoms with van der Waals surface area (Å²) in [6.45, 7) is 11.2. The summed E-state index contributed by atoms with van der Waals surface area (Å²) < 4.78 is 0. The maximum atomic E-state index is 4.83. The van der Waals surface area contributed by atoms with Crippen LogP contribution in [0.15, 0.2) is 17.6 Å². The highest BCUT2D eigenvalue weighted by Crippen LogP contribution is 2.15. The molecule has 0 radical (unpaired) electrons. The predicted molar refractivity (Wildman–Crippen MR) is 104 cm³/mol. The third-order valence-electron chi connectivity index (χ3n) is 3.82. The van der Waals surface area contributed by atoms with E-state index >= 15 is 0 Å². The van der Waals surface area contributed by atoms with Crippen molar-refractivity contribution in [1.29, 1.82) is 0 Å².